The number of halogens is 1. The molecule has 0 aliphatic heterocycles. The predicted molar refractivity (Wildman–Crippen MR) is 96.1 cm³/mol. The van der Waals surface area contributed by atoms with Crippen molar-refractivity contribution in [3.05, 3.63) is 21.3 Å². The van der Waals surface area contributed by atoms with Crippen molar-refractivity contribution in [1.82, 2.24) is 9.97 Å². The molecule has 0 radical (unpaired) electrons. The predicted octanol–water partition coefficient (Wildman–Crippen LogP) is 2.58. The lowest BCUT2D eigenvalue weighted by molar-refractivity contribution is 0.286. The minimum atomic E-state index is 0.0124. The van der Waals surface area contributed by atoms with Crippen molar-refractivity contribution in [3.63, 3.8) is 0 Å². The summed E-state index contributed by atoms with van der Waals surface area (Å²) in [5.41, 5.74) is 12.7. The van der Waals surface area contributed by atoms with Gasteiger partial charge in [-0.25, -0.2) is 4.98 Å². The zero-order chi connectivity index (χ0) is 17.0. The highest BCUT2D eigenvalue weighted by Crippen LogP contribution is 2.38. The van der Waals surface area contributed by atoms with Crippen molar-refractivity contribution in [2.75, 3.05) is 24.7 Å². The number of nitriles is 1. The molecule has 2 aromatic rings. The average molecular weight is 425 g/mol. The van der Waals surface area contributed by atoms with Crippen molar-refractivity contribution in [1.29, 1.82) is 5.26 Å². The second-order valence-electron chi connectivity index (χ2n) is 4.45. The van der Waals surface area contributed by atoms with Crippen LogP contribution in [0.4, 0.5) is 11.8 Å². The van der Waals surface area contributed by atoms with Crippen molar-refractivity contribution >= 4 is 34.4 Å². The molecule has 2 rings (SSSR count). The van der Waals surface area contributed by atoms with E-state index in [1.54, 1.807) is 6.07 Å². The van der Waals surface area contributed by atoms with E-state index in [2.05, 4.69) is 32.6 Å². The van der Waals surface area contributed by atoms with Crippen LogP contribution in [0.3, 0.4) is 0 Å². The highest BCUT2D eigenvalue weighted by atomic mass is 127. The SMILES string of the molecule is CCOc1cc(-c2nc(N)nc(N)c2C#N)cc(I)c1OCC. The highest BCUT2D eigenvalue weighted by molar-refractivity contribution is 14.1. The Morgan fingerprint density at radius 1 is 1.17 bits per heavy atom. The number of anilines is 2. The number of hydrogen-bond donors (Lipinski definition) is 2. The third kappa shape index (κ3) is 3.56. The molecular weight excluding hydrogens is 409 g/mol. The molecule has 1 aromatic carbocycles. The third-order valence-electron chi connectivity index (χ3n) is 2.94. The number of nitrogen functional groups attached to an aromatic ring is 2. The standard InChI is InChI=1S/C15H16IN5O2/c1-3-22-11-6-8(5-10(16)13(11)23-4-2)12-9(7-17)14(18)21-15(19)20-12/h5-6H,3-4H2,1-2H3,(H4,18,19,20,21). The fraction of sp³-hybridized carbons (Fsp3) is 0.267. The molecule has 0 unspecified atom stereocenters. The molecule has 0 fully saturated rings. The Kier molecular flexibility index (Phi) is 5.44. The summed E-state index contributed by atoms with van der Waals surface area (Å²) in [7, 11) is 0. The van der Waals surface area contributed by atoms with E-state index in [9.17, 15) is 5.26 Å². The summed E-state index contributed by atoms with van der Waals surface area (Å²) in [5.74, 6) is 1.30. The number of rotatable bonds is 5. The van der Waals surface area contributed by atoms with Crippen LogP contribution in [0.2, 0.25) is 0 Å². The van der Waals surface area contributed by atoms with E-state index in [1.165, 1.54) is 0 Å². The van der Waals surface area contributed by atoms with Crippen LogP contribution < -0.4 is 20.9 Å². The highest BCUT2D eigenvalue weighted by Gasteiger charge is 2.18. The van der Waals surface area contributed by atoms with Crippen LogP contribution in [0, 0.1) is 14.9 Å². The lowest BCUT2D eigenvalue weighted by Gasteiger charge is -2.15. The molecule has 0 aliphatic rings. The largest absolute Gasteiger partial charge is 0.490 e. The smallest absolute Gasteiger partial charge is 0.222 e. The summed E-state index contributed by atoms with van der Waals surface area (Å²) < 4.78 is 12.1. The molecule has 0 atom stereocenters. The van der Waals surface area contributed by atoms with Gasteiger partial charge in [-0.05, 0) is 48.6 Å². The quantitative estimate of drug-likeness (QED) is 0.707. The van der Waals surface area contributed by atoms with Gasteiger partial charge < -0.3 is 20.9 Å². The summed E-state index contributed by atoms with van der Waals surface area (Å²) in [6.45, 7) is 4.79. The average Bonchev–Trinajstić information content (AvgIpc) is 2.50. The molecule has 0 aliphatic carbocycles. The van der Waals surface area contributed by atoms with Gasteiger partial charge in [-0.15, -0.1) is 0 Å². The maximum absolute atomic E-state index is 9.32. The van der Waals surface area contributed by atoms with E-state index in [0.717, 1.165) is 3.57 Å². The zero-order valence-corrected chi connectivity index (χ0v) is 14.9. The first-order valence-corrected chi connectivity index (χ1v) is 8.02. The molecular formula is C15H16IN5O2. The Hall–Kier alpha value is -2.28. The molecule has 23 heavy (non-hydrogen) atoms. The number of nitrogens with zero attached hydrogens (tertiary/aromatic N) is 3. The fourth-order valence-corrected chi connectivity index (χ4v) is 2.82. The van der Waals surface area contributed by atoms with Crippen LogP contribution in [-0.4, -0.2) is 23.2 Å². The molecule has 7 nitrogen and oxygen atoms in total. The van der Waals surface area contributed by atoms with E-state index in [1.807, 2.05) is 26.0 Å². The lowest BCUT2D eigenvalue weighted by atomic mass is 10.1. The van der Waals surface area contributed by atoms with Gasteiger partial charge in [0.2, 0.25) is 5.95 Å². The number of benzene rings is 1. The number of hydrogen-bond acceptors (Lipinski definition) is 7. The Morgan fingerprint density at radius 2 is 1.87 bits per heavy atom. The van der Waals surface area contributed by atoms with Crippen LogP contribution in [0.1, 0.15) is 19.4 Å². The van der Waals surface area contributed by atoms with Gasteiger partial charge >= 0.3 is 0 Å². The van der Waals surface area contributed by atoms with Crippen molar-refractivity contribution < 1.29 is 9.47 Å². The minimum absolute atomic E-state index is 0.0124. The maximum atomic E-state index is 9.32. The lowest BCUT2D eigenvalue weighted by Crippen LogP contribution is -2.06. The number of nitrogens with two attached hydrogens (primary N) is 2. The summed E-state index contributed by atoms with van der Waals surface area (Å²) >= 11 is 2.15. The van der Waals surface area contributed by atoms with E-state index >= 15 is 0 Å². The van der Waals surface area contributed by atoms with Crippen LogP contribution in [0.5, 0.6) is 11.5 Å². The van der Waals surface area contributed by atoms with Gasteiger partial charge in [-0.1, -0.05) is 0 Å². The number of ether oxygens (including phenoxy) is 2. The molecule has 0 spiro atoms. The molecule has 120 valence electrons. The Labute approximate surface area is 147 Å². The maximum Gasteiger partial charge on any atom is 0.222 e. The zero-order valence-electron chi connectivity index (χ0n) is 12.8. The van der Waals surface area contributed by atoms with Gasteiger partial charge in [0.1, 0.15) is 17.5 Å². The van der Waals surface area contributed by atoms with Crippen LogP contribution in [-0.2, 0) is 0 Å². The van der Waals surface area contributed by atoms with E-state index in [-0.39, 0.29) is 17.3 Å². The molecule has 0 bridgehead atoms. The third-order valence-corrected chi connectivity index (χ3v) is 3.74. The summed E-state index contributed by atoms with van der Waals surface area (Å²) in [4.78, 5) is 7.98. The fourth-order valence-electron chi connectivity index (χ4n) is 2.07. The Bertz CT molecular complexity index is 773. The first kappa shape index (κ1) is 17.1. The topological polar surface area (TPSA) is 120 Å². The molecule has 1 aromatic heterocycles. The van der Waals surface area contributed by atoms with Gasteiger partial charge in [-0.3, -0.25) is 0 Å². The Balaban J connectivity index is 2.68. The normalized spacial score (nSPS) is 10.2. The van der Waals surface area contributed by atoms with Gasteiger partial charge in [0, 0.05) is 5.56 Å². The first-order chi connectivity index (χ1) is 11.0. The second kappa shape index (κ2) is 7.32. The van der Waals surface area contributed by atoms with Crippen LogP contribution >= 0.6 is 22.6 Å². The van der Waals surface area contributed by atoms with E-state index in [0.29, 0.717) is 36.0 Å². The molecule has 0 saturated carbocycles. The molecule has 0 amide bonds. The summed E-state index contributed by atoms with van der Waals surface area (Å²) in [5, 5.41) is 9.32. The first-order valence-electron chi connectivity index (χ1n) is 6.94. The van der Waals surface area contributed by atoms with E-state index in [4.69, 9.17) is 20.9 Å². The molecule has 8 heteroatoms. The molecule has 1 heterocycles. The van der Waals surface area contributed by atoms with Crippen LogP contribution in [0.25, 0.3) is 11.3 Å². The van der Waals surface area contributed by atoms with Gasteiger partial charge in [0.25, 0.3) is 0 Å². The van der Waals surface area contributed by atoms with Crippen molar-refractivity contribution in [2.45, 2.75) is 13.8 Å². The van der Waals surface area contributed by atoms with Gasteiger partial charge in [0.15, 0.2) is 11.5 Å². The van der Waals surface area contributed by atoms with Crippen molar-refractivity contribution in [3.8, 4) is 28.8 Å². The molecule has 0 saturated heterocycles. The summed E-state index contributed by atoms with van der Waals surface area (Å²) in [6.07, 6.45) is 0. The van der Waals surface area contributed by atoms with E-state index < -0.39 is 0 Å². The van der Waals surface area contributed by atoms with Crippen LogP contribution in [0.15, 0.2) is 12.1 Å². The number of aromatic nitrogens is 2. The molecule has 4 N–H and O–H groups in total. The van der Waals surface area contributed by atoms with Gasteiger partial charge in [-0.2, -0.15) is 10.2 Å². The van der Waals surface area contributed by atoms with Crippen molar-refractivity contribution in [2.24, 2.45) is 0 Å². The van der Waals surface area contributed by atoms with Gasteiger partial charge in [0.05, 0.1) is 22.5 Å². The summed E-state index contributed by atoms with van der Waals surface area (Å²) in [6, 6.07) is 5.63. The second-order valence-corrected chi connectivity index (χ2v) is 5.62. The minimum Gasteiger partial charge on any atom is -0.490 e. The Morgan fingerprint density at radius 3 is 2.48 bits per heavy atom. The monoisotopic (exact) mass is 425 g/mol.